The maximum absolute atomic E-state index is 12.5. The number of fused-ring (bicyclic) bond motifs is 1. The van der Waals surface area contributed by atoms with Crippen LogP contribution in [0.2, 0.25) is 5.02 Å². The molecule has 2 aromatic carbocycles. The van der Waals surface area contributed by atoms with E-state index in [1.165, 1.54) is 5.56 Å². The molecule has 0 spiro atoms. The van der Waals surface area contributed by atoms with Gasteiger partial charge in [0.05, 0.1) is 23.7 Å². The summed E-state index contributed by atoms with van der Waals surface area (Å²) >= 11 is 6.12. The molecule has 0 bridgehead atoms. The van der Waals surface area contributed by atoms with Gasteiger partial charge in [-0.05, 0) is 36.8 Å². The quantitative estimate of drug-likeness (QED) is 0.550. The second-order valence-electron chi connectivity index (χ2n) is 6.61. The number of rotatable bonds is 5. The Hall–Kier alpha value is -3.18. The van der Waals surface area contributed by atoms with Crippen molar-refractivity contribution in [3.05, 3.63) is 94.4 Å². The molecule has 0 saturated heterocycles. The molecule has 1 N–H and O–H groups in total. The summed E-state index contributed by atoms with van der Waals surface area (Å²) in [5, 5.41) is 3.34. The number of aryl methyl sites for hydroxylation is 1. The SMILES string of the molecule is Cc1ccc(Cn2c(CNC(=O)c3ccccc3Cl)nc3cccnc32)cc1. The Kier molecular flexibility index (Phi) is 5.08. The Morgan fingerprint density at radius 1 is 1.07 bits per heavy atom. The number of benzene rings is 2. The molecule has 6 heteroatoms. The van der Waals surface area contributed by atoms with Crippen molar-refractivity contribution in [2.24, 2.45) is 0 Å². The van der Waals surface area contributed by atoms with Gasteiger partial charge in [0.1, 0.15) is 11.3 Å². The fourth-order valence-electron chi connectivity index (χ4n) is 3.08. The molecule has 0 fully saturated rings. The number of carbonyl (C=O) groups is 1. The third-order valence-electron chi connectivity index (χ3n) is 4.57. The van der Waals surface area contributed by atoms with Crippen LogP contribution in [0.25, 0.3) is 11.2 Å². The first-order chi connectivity index (χ1) is 13.6. The Bertz CT molecular complexity index is 1130. The number of hydrogen-bond donors (Lipinski definition) is 1. The predicted molar refractivity (Wildman–Crippen MR) is 110 cm³/mol. The van der Waals surface area contributed by atoms with Gasteiger partial charge in [-0.2, -0.15) is 0 Å². The van der Waals surface area contributed by atoms with Crippen LogP contribution in [-0.4, -0.2) is 20.4 Å². The van der Waals surface area contributed by atoms with Crippen LogP contribution >= 0.6 is 11.6 Å². The number of imidazole rings is 1. The van der Waals surface area contributed by atoms with E-state index in [0.29, 0.717) is 17.1 Å². The summed E-state index contributed by atoms with van der Waals surface area (Å²) in [5.41, 5.74) is 4.41. The normalized spacial score (nSPS) is 10.9. The zero-order valence-corrected chi connectivity index (χ0v) is 16.1. The zero-order valence-electron chi connectivity index (χ0n) is 15.4. The number of nitrogens with one attached hydrogen (secondary N) is 1. The van der Waals surface area contributed by atoms with Gasteiger partial charge in [0, 0.05) is 6.20 Å². The van der Waals surface area contributed by atoms with E-state index in [-0.39, 0.29) is 12.5 Å². The third-order valence-corrected chi connectivity index (χ3v) is 4.90. The van der Waals surface area contributed by atoms with E-state index >= 15 is 0 Å². The van der Waals surface area contributed by atoms with Crippen LogP contribution in [0.15, 0.2) is 66.9 Å². The van der Waals surface area contributed by atoms with Crippen molar-refractivity contribution < 1.29 is 4.79 Å². The molecule has 0 radical (unpaired) electrons. The standard InChI is InChI=1S/C22H19ClN4O/c1-15-8-10-16(11-9-15)14-27-20(26-19-7-4-12-24-21(19)27)13-25-22(28)17-5-2-3-6-18(17)23/h2-12H,13-14H2,1H3,(H,25,28). The van der Waals surface area contributed by atoms with Crippen LogP contribution in [0.5, 0.6) is 0 Å². The lowest BCUT2D eigenvalue weighted by Crippen LogP contribution is -2.25. The first-order valence-corrected chi connectivity index (χ1v) is 9.38. The molecule has 0 unspecified atom stereocenters. The van der Waals surface area contributed by atoms with Crippen LogP contribution in [-0.2, 0) is 13.1 Å². The maximum Gasteiger partial charge on any atom is 0.253 e. The van der Waals surface area contributed by atoms with E-state index in [1.807, 2.05) is 16.7 Å². The number of carbonyl (C=O) groups excluding carboxylic acids is 1. The first-order valence-electron chi connectivity index (χ1n) is 9.00. The van der Waals surface area contributed by atoms with Crippen molar-refractivity contribution in [2.75, 3.05) is 0 Å². The number of halogens is 1. The number of hydrogen-bond acceptors (Lipinski definition) is 3. The molecule has 4 aromatic rings. The van der Waals surface area contributed by atoms with E-state index in [1.54, 1.807) is 30.5 Å². The van der Waals surface area contributed by atoms with Crippen LogP contribution in [0.1, 0.15) is 27.3 Å². The lowest BCUT2D eigenvalue weighted by molar-refractivity contribution is 0.0949. The van der Waals surface area contributed by atoms with Gasteiger partial charge in [0.2, 0.25) is 0 Å². The van der Waals surface area contributed by atoms with Crippen molar-refractivity contribution in [1.29, 1.82) is 0 Å². The highest BCUT2D eigenvalue weighted by molar-refractivity contribution is 6.33. The van der Waals surface area contributed by atoms with Gasteiger partial charge in [-0.3, -0.25) is 4.79 Å². The molecule has 1 amide bonds. The molecule has 0 aliphatic heterocycles. The Morgan fingerprint density at radius 2 is 1.86 bits per heavy atom. The highest BCUT2D eigenvalue weighted by Gasteiger charge is 2.15. The predicted octanol–water partition coefficient (Wildman–Crippen LogP) is 4.37. The van der Waals surface area contributed by atoms with Gasteiger partial charge < -0.3 is 9.88 Å². The average molecular weight is 391 g/mol. The molecular weight excluding hydrogens is 372 g/mol. The fraction of sp³-hybridized carbons (Fsp3) is 0.136. The van der Waals surface area contributed by atoms with Crippen LogP contribution in [0, 0.1) is 6.92 Å². The maximum atomic E-state index is 12.5. The molecule has 2 heterocycles. The minimum Gasteiger partial charge on any atom is -0.345 e. The molecule has 4 rings (SSSR count). The fourth-order valence-corrected chi connectivity index (χ4v) is 3.30. The van der Waals surface area contributed by atoms with E-state index in [9.17, 15) is 4.79 Å². The summed E-state index contributed by atoms with van der Waals surface area (Å²) in [6, 6.07) is 19.1. The molecule has 0 aliphatic rings. The highest BCUT2D eigenvalue weighted by Crippen LogP contribution is 2.18. The third kappa shape index (κ3) is 3.75. The van der Waals surface area contributed by atoms with Gasteiger partial charge in [-0.1, -0.05) is 53.6 Å². The van der Waals surface area contributed by atoms with Crippen LogP contribution < -0.4 is 5.32 Å². The lowest BCUT2D eigenvalue weighted by Gasteiger charge is -2.11. The number of nitrogens with zero attached hydrogens (tertiary/aromatic N) is 3. The number of amides is 1. The van der Waals surface area contributed by atoms with Crippen molar-refractivity contribution in [3.8, 4) is 0 Å². The summed E-state index contributed by atoms with van der Waals surface area (Å²) in [6.07, 6.45) is 1.75. The van der Waals surface area contributed by atoms with Crippen LogP contribution in [0.3, 0.4) is 0 Å². The summed E-state index contributed by atoms with van der Waals surface area (Å²) in [6.45, 7) is 2.98. The lowest BCUT2D eigenvalue weighted by atomic mass is 10.1. The van der Waals surface area contributed by atoms with E-state index < -0.39 is 0 Å². The molecule has 0 atom stereocenters. The highest BCUT2D eigenvalue weighted by atomic mass is 35.5. The van der Waals surface area contributed by atoms with E-state index in [4.69, 9.17) is 11.6 Å². The Balaban J connectivity index is 1.62. The van der Waals surface area contributed by atoms with Gasteiger partial charge in [-0.15, -0.1) is 0 Å². The van der Waals surface area contributed by atoms with Gasteiger partial charge in [-0.25, -0.2) is 9.97 Å². The first kappa shape index (κ1) is 18.2. The molecule has 0 aliphatic carbocycles. The van der Waals surface area contributed by atoms with Gasteiger partial charge >= 0.3 is 0 Å². The Morgan fingerprint density at radius 3 is 2.64 bits per heavy atom. The second kappa shape index (κ2) is 7.82. The molecule has 140 valence electrons. The summed E-state index contributed by atoms with van der Waals surface area (Å²) in [7, 11) is 0. The van der Waals surface area contributed by atoms with E-state index in [2.05, 4.69) is 46.5 Å². The molecular formula is C22H19ClN4O. The molecule has 28 heavy (non-hydrogen) atoms. The summed E-state index contributed by atoms with van der Waals surface area (Å²) in [5.74, 6) is 0.516. The minimum atomic E-state index is -0.229. The van der Waals surface area contributed by atoms with Crippen molar-refractivity contribution >= 4 is 28.7 Å². The van der Waals surface area contributed by atoms with E-state index in [0.717, 1.165) is 22.6 Å². The number of pyridine rings is 1. The summed E-state index contributed by atoms with van der Waals surface area (Å²) in [4.78, 5) is 21.7. The van der Waals surface area contributed by atoms with Crippen molar-refractivity contribution in [2.45, 2.75) is 20.0 Å². The molecule has 0 saturated carbocycles. The number of aromatic nitrogens is 3. The average Bonchev–Trinajstić information content (AvgIpc) is 3.06. The van der Waals surface area contributed by atoms with Gasteiger partial charge in [0.15, 0.2) is 5.65 Å². The van der Waals surface area contributed by atoms with Crippen molar-refractivity contribution in [3.63, 3.8) is 0 Å². The topological polar surface area (TPSA) is 59.8 Å². The minimum absolute atomic E-state index is 0.229. The van der Waals surface area contributed by atoms with Gasteiger partial charge in [0.25, 0.3) is 5.91 Å². The zero-order chi connectivity index (χ0) is 19.5. The largest absolute Gasteiger partial charge is 0.345 e. The smallest absolute Gasteiger partial charge is 0.253 e. The summed E-state index contributed by atoms with van der Waals surface area (Å²) < 4.78 is 2.03. The Labute approximate surface area is 168 Å². The molecule has 2 aromatic heterocycles. The molecule has 5 nitrogen and oxygen atoms in total. The van der Waals surface area contributed by atoms with Crippen molar-refractivity contribution in [1.82, 2.24) is 19.9 Å². The second-order valence-corrected chi connectivity index (χ2v) is 7.02. The monoisotopic (exact) mass is 390 g/mol. The van der Waals surface area contributed by atoms with Crippen LogP contribution in [0.4, 0.5) is 0 Å².